The number of rotatable bonds is 2. The summed E-state index contributed by atoms with van der Waals surface area (Å²) < 4.78 is 36.0. The van der Waals surface area contributed by atoms with Gasteiger partial charge in [-0.15, -0.1) is 0 Å². The topological polar surface area (TPSA) is 46.3 Å². The minimum absolute atomic E-state index is 0.131. The Morgan fingerprint density at radius 1 is 1.53 bits per heavy atom. The maximum absolute atomic E-state index is 12.0. The van der Waals surface area contributed by atoms with E-state index in [1.807, 2.05) is 0 Å². The lowest BCUT2D eigenvalue weighted by molar-refractivity contribution is -0.161. The highest BCUT2D eigenvalue weighted by molar-refractivity contribution is 5.77. The Balaban J connectivity index is 2.54. The number of carbonyl (C=O) groups is 1. The Hall–Kier alpha value is -0.780. The van der Waals surface area contributed by atoms with Crippen LogP contribution in [0.25, 0.3) is 0 Å². The van der Waals surface area contributed by atoms with Gasteiger partial charge in [0.05, 0.1) is 0 Å². The van der Waals surface area contributed by atoms with Gasteiger partial charge in [0.1, 0.15) is 6.42 Å². The summed E-state index contributed by atoms with van der Waals surface area (Å²) in [5.74, 6) is -0.705. The van der Waals surface area contributed by atoms with Crippen LogP contribution in [0.2, 0.25) is 0 Å². The van der Waals surface area contributed by atoms with Crippen molar-refractivity contribution in [1.82, 2.24) is 4.90 Å². The predicted octanol–water partition coefficient (Wildman–Crippen LogP) is 1.13. The largest absolute Gasteiger partial charge is 0.397 e. The fourth-order valence-electron chi connectivity index (χ4n) is 1.93. The molecule has 1 aliphatic heterocycles. The predicted molar refractivity (Wildman–Crippen MR) is 49.0 cm³/mol. The second kappa shape index (κ2) is 4.38. The van der Waals surface area contributed by atoms with Gasteiger partial charge < -0.3 is 10.6 Å². The van der Waals surface area contributed by atoms with E-state index in [2.05, 4.69) is 0 Å². The molecule has 1 fully saturated rings. The molecule has 0 aromatic heterocycles. The van der Waals surface area contributed by atoms with Crippen LogP contribution in [0.4, 0.5) is 13.2 Å². The van der Waals surface area contributed by atoms with Gasteiger partial charge in [-0.2, -0.15) is 13.2 Å². The molecule has 2 N–H and O–H groups in total. The summed E-state index contributed by atoms with van der Waals surface area (Å²) in [5.41, 5.74) is 5.43. The van der Waals surface area contributed by atoms with Gasteiger partial charge in [-0.1, -0.05) is 0 Å². The Bertz CT molecular complexity index is 242. The Kier molecular flexibility index (Phi) is 3.59. The summed E-state index contributed by atoms with van der Waals surface area (Å²) in [5, 5.41) is 0. The molecule has 0 bridgehead atoms. The van der Waals surface area contributed by atoms with Gasteiger partial charge in [-0.05, 0) is 25.8 Å². The number of amides is 1. The van der Waals surface area contributed by atoms with E-state index in [1.54, 1.807) is 6.92 Å². The fourth-order valence-corrected chi connectivity index (χ4v) is 1.93. The molecular formula is C9H15F3N2O. The highest BCUT2D eigenvalue weighted by Crippen LogP contribution is 2.26. The van der Waals surface area contributed by atoms with E-state index >= 15 is 0 Å². The van der Waals surface area contributed by atoms with Gasteiger partial charge in [0.15, 0.2) is 0 Å². The smallest absolute Gasteiger partial charge is 0.339 e. The zero-order chi connectivity index (χ0) is 11.6. The van der Waals surface area contributed by atoms with E-state index in [4.69, 9.17) is 5.73 Å². The zero-order valence-corrected chi connectivity index (χ0v) is 8.55. The van der Waals surface area contributed by atoms with Crippen molar-refractivity contribution in [2.75, 3.05) is 13.1 Å². The monoisotopic (exact) mass is 224 g/mol. The van der Waals surface area contributed by atoms with Gasteiger partial charge in [-0.3, -0.25) is 4.79 Å². The molecule has 1 saturated heterocycles. The number of hydrogen-bond acceptors (Lipinski definition) is 2. The van der Waals surface area contributed by atoms with Crippen molar-refractivity contribution in [3.63, 3.8) is 0 Å². The number of likely N-dealkylation sites (tertiary alicyclic amines) is 1. The van der Waals surface area contributed by atoms with E-state index in [0.717, 1.165) is 0 Å². The van der Waals surface area contributed by atoms with Crippen molar-refractivity contribution < 1.29 is 18.0 Å². The molecular weight excluding hydrogens is 209 g/mol. The molecule has 0 aromatic rings. The molecule has 1 rings (SSSR count). The lowest BCUT2D eigenvalue weighted by Gasteiger charge is -2.22. The maximum Gasteiger partial charge on any atom is 0.397 e. The van der Waals surface area contributed by atoms with Crippen LogP contribution in [0, 0.1) is 5.92 Å². The summed E-state index contributed by atoms with van der Waals surface area (Å²) in [6.45, 7) is 2.52. The van der Waals surface area contributed by atoms with Crippen molar-refractivity contribution in [2.24, 2.45) is 11.7 Å². The molecule has 88 valence electrons. The third-order valence-corrected chi connectivity index (χ3v) is 2.67. The van der Waals surface area contributed by atoms with Crippen LogP contribution in [0.5, 0.6) is 0 Å². The van der Waals surface area contributed by atoms with Crippen molar-refractivity contribution in [2.45, 2.75) is 32.0 Å². The number of halogens is 3. The van der Waals surface area contributed by atoms with Gasteiger partial charge in [0.25, 0.3) is 0 Å². The molecule has 2 unspecified atom stereocenters. The van der Waals surface area contributed by atoms with Crippen LogP contribution >= 0.6 is 0 Å². The Morgan fingerprint density at radius 3 is 2.53 bits per heavy atom. The average Bonchev–Trinajstić information content (AvgIpc) is 2.43. The van der Waals surface area contributed by atoms with E-state index < -0.39 is 18.5 Å². The van der Waals surface area contributed by atoms with Crippen LogP contribution in [-0.2, 0) is 4.79 Å². The van der Waals surface area contributed by atoms with Crippen molar-refractivity contribution >= 4 is 5.91 Å². The van der Waals surface area contributed by atoms with Crippen molar-refractivity contribution in [3.8, 4) is 0 Å². The molecule has 15 heavy (non-hydrogen) atoms. The van der Waals surface area contributed by atoms with Crippen molar-refractivity contribution in [3.05, 3.63) is 0 Å². The molecule has 1 amide bonds. The molecule has 1 heterocycles. The SMILES string of the molecule is CC1CC(CN)CN1C(=O)CC(F)(F)F. The normalized spacial score (nSPS) is 27.1. The first kappa shape index (κ1) is 12.3. The number of alkyl halides is 3. The molecule has 0 radical (unpaired) electrons. The second-order valence-electron chi connectivity index (χ2n) is 4.02. The number of hydrogen-bond donors (Lipinski definition) is 1. The van der Waals surface area contributed by atoms with Gasteiger partial charge in [0, 0.05) is 12.6 Å². The molecule has 0 aromatic carbocycles. The highest BCUT2D eigenvalue weighted by Gasteiger charge is 2.38. The number of carbonyl (C=O) groups excluding carboxylic acids is 1. The van der Waals surface area contributed by atoms with Gasteiger partial charge in [0.2, 0.25) is 5.91 Å². The second-order valence-corrected chi connectivity index (χ2v) is 4.02. The summed E-state index contributed by atoms with van der Waals surface area (Å²) in [6.07, 6.45) is -5.09. The minimum Gasteiger partial charge on any atom is -0.339 e. The van der Waals surface area contributed by atoms with E-state index in [0.29, 0.717) is 19.5 Å². The van der Waals surface area contributed by atoms with Crippen LogP contribution in [0.3, 0.4) is 0 Å². The first-order valence-corrected chi connectivity index (χ1v) is 4.89. The molecule has 0 aliphatic carbocycles. The van der Waals surface area contributed by atoms with E-state index in [9.17, 15) is 18.0 Å². The van der Waals surface area contributed by atoms with Crippen LogP contribution in [0.1, 0.15) is 19.8 Å². The Morgan fingerprint density at radius 2 is 2.13 bits per heavy atom. The molecule has 3 nitrogen and oxygen atoms in total. The maximum atomic E-state index is 12.0. The third kappa shape index (κ3) is 3.37. The molecule has 2 atom stereocenters. The standard InChI is InChI=1S/C9H15F3N2O/c1-6-2-7(4-13)5-14(6)8(15)3-9(10,11)12/h6-7H,2-5,13H2,1H3. The quantitative estimate of drug-likeness (QED) is 0.764. The minimum atomic E-state index is -4.42. The van der Waals surface area contributed by atoms with E-state index in [1.165, 1.54) is 4.90 Å². The first-order chi connectivity index (χ1) is 6.83. The zero-order valence-electron chi connectivity index (χ0n) is 8.55. The first-order valence-electron chi connectivity index (χ1n) is 4.89. The van der Waals surface area contributed by atoms with Crippen LogP contribution in [-0.4, -0.2) is 36.1 Å². The van der Waals surface area contributed by atoms with Gasteiger partial charge >= 0.3 is 6.18 Å². The summed E-state index contributed by atoms with van der Waals surface area (Å²) in [4.78, 5) is 12.6. The van der Waals surface area contributed by atoms with Crippen LogP contribution < -0.4 is 5.73 Å². The lowest BCUT2D eigenvalue weighted by Crippen LogP contribution is -2.37. The summed E-state index contributed by atoms with van der Waals surface area (Å²) >= 11 is 0. The average molecular weight is 224 g/mol. The molecule has 1 aliphatic rings. The van der Waals surface area contributed by atoms with Crippen LogP contribution in [0.15, 0.2) is 0 Å². The summed E-state index contributed by atoms with van der Waals surface area (Å²) in [6, 6.07) is -0.131. The molecule has 6 heteroatoms. The van der Waals surface area contributed by atoms with Crippen molar-refractivity contribution in [1.29, 1.82) is 0 Å². The summed E-state index contributed by atoms with van der Waals surface area (Å²) in [7, 11) is 0. The third-order valence-electron chi connectivity index (χ3n) is 2.67. The highest BCUT2D eigenvalue weighted by atomic mass is 19.4. The van der Waals surface area contributed by atoms with Gasteiger partial charge in [-0.25, -0.2) is 0 Å². The fraction of sp³-hybridized carbons (Fsp3) is 0.889. The number of nitrogens with zero attached hydrogens (tertiary/aromatic N) is 1. The molecule has 0 spiro atoms. The number of nitrogens with two attached hydrogens (primary N) is 1. The Labute approximate surface area is 86.4 Å². The molecule has 0 saturated carbocycles. The lowest BCUT2D eigenvalue weighted by atomic mass is 10.1. The van der Waals surface area contributed by atoms with E-state index in [-0.39, 0.29) is 12.0 Å².